The van der Waals surface area contributed by atoms with Gasteiger partial charge in [-0.25, -0.2) is 4.79 Å². The lowest BCUT2D eigenvalue weighted by Crippen LogP contribution is -2.62. The summed E-state index contributed by atoms with van der Waals surface area (Å²) >= 11 is 5.64. The van der Waals surface area contributed by atoms with Crippen molar-refractivity contribution in [1.29, 1.82) is 0 Å². The number of anilines is 1. The average molecular weight is 1640 g/mol. The van der Waals surface area contributed by atoms with E-state index in [1.165, 1.54) is 54.1 Å². The number of para-hydroxylation sites is 1. The highest BCUT2D eigenvalue weighted by Crippen LogP contribution is 2.57. The fraction of sp³-hybridized carbons (Fsp3) is 0.456. The zero-order valence-electron chi connectivity index (χ0n) is 63.9. The maximum absolute atomic E-state index is 15.1. The van der Waals surface area contributed by atoms with Crippen molar-refractivity contribution < 1.29 is 112 Å². The summed E-state index contributed by atoms with van der Waals surface area (Å²) in [5.41, 5.74) is 7.26. The first-order chi connectivity index (χ1) is 55.9. The van der Waals surface area contributed by atoms with E-state index in [-0.39, 0.29) is 104 Å². The Labute approximate surface area is 674 Å². The zero-order valence-corrected chi connectivity index (χ0v) is 64.8. The van der Waals surface area contributed by atoms with E-state index in [1.807, 2.05) is 24.3 Å². The number of aliphatic hydroxyl groups excluding tert-OH is 1. The van der Waals surface area contributed by atoms with Crippen LogP contribution in [-0.4, -0.2) is 249 Å². The van der Waals surface area contributed by atoms with E-state index in [0.717, 1.165) is 15.2 Å². The molecule has 0 aliphatic carbocycles. The molecule has 0 saturated carbocycles. The number of unbranched alkanes of at least 4 members (excludes halogenated alkanes) is 1. The van der Waals surface area contributed by atoms with E-state index >= 15 is 4.79 Å². The Hall–Kier alpha value is -12.6. The molecular formula is C79H92N14O23S. The van der Waals surface area contributed by atoms with Crippen LogP contribution >= 0.6 is 12.2 Å². The number of aromatic nitrogens is 1. The smallest absolute Gasteiger partial charge is 0.340 e. The molecule has 10 amide bonds. The van der Waals surface area contributed by atoms with Crippen LogP contribution in [0.2, 0.25) is 0 Å². The number of nitrogens with zero attached hydrogens (tertiary/aromatic N) is 6. The minimum absolute atomic E-state index is 0.0204. The molecule has 15 N–H and O–H groups in total. The van der Waals surface area contributed by atoms with Gasteiger partial charge in [-0.05, 0) is 158 Å². The van der Waals surface area contributed by atoms with Crippen molar-refractivity contribution in [2.24, 2.45) is 10.9 Å². The largest absolute Gasteiger partial charge is 0.508 e. The van der Waals surface area contributed by atoms with Crippen LogP contribution in [0.25, 0.3) is 10.9 Å². The molecule has 4 saturated heterocycles. The number of nitrogens with two attached hydrogens (primary N) is 1. The molecule has 4 aromatic carbocycles. The number of carboxylic acids is 3. The molecule has 6 aliphatic heterocycles. The number of oxime groups is 1. The van der Waals surface area contributed by atoms with Gasteiger partial charge in [-0.3, -0.25) is 67.3 Å². The number of hydrogen-bond acceptors (Lipinski definition) is 23. The van der Waals surface area contributed by atoms with Gasteiger partial charge in [0.25, 0.3) is 0 Å². The maximum atomic E-state index is 15.1. The summed E-state index contributed by atoms with van der Waals surface area (Å²) in [6.45, 7) is 2.62. The summed E-state index contributed by atoms with van der Waals surface area (Å²) in [6.07, 6.45) is -0.689. The number of rotatable bonds is 33. The van der Waals surface area contributed by atoms with E-state index < -0.39 is 188 Å². The number of fused-ring (bicyclic) bond motifs is 7. The summed E-state index contributed by atoms with van der Waals surface area (Å²) < 4.78 is 12.2. The van der Waals surface area contributed by atoms with Gasteiger partial charge in [-0.1, -0.05) is 23.4 Å². The minimum Gasteiger partial charge on any atom is -0.508 e. The Balaban J connectivity index is 0.688. The maximum Gasteiger partial charge on any atom is 0.340 e. The Morgan fingerprint density at radius 2 is 1.24 bits per heavy atom. The van der Waals surface area contributed by atoms with Gasteiger partial charge in [0.1, 0.15) is 83.5 Å². The number of amides is 10. The number of aliphatic hydroxyl groups is 1. The molecule has 0 radical (unpaired) electrons. The van der Waals surface area contributed by atoms with Gasteiger partial charge in [0, 0.05) is 110 Å². The predicted octanol–water partition coefficient (Wildman–Crippen LogP) is 1.96. The lowest BCUT2D eigenvalue weighted by Gasteiger charge is -2.39. The van der Waals surface area contributed by atoms with E-state index in [2.05, 4.69) is 47.4 Å². The van der Waals surface area contributed by atoms with Gasteiger partial charge < -0.3 is 108 Å². The second-order valence-corrected chi connectivity index (χ2v) is 30.0. The second-order valence-electron chi connectivity index (χ2n) is 29.6. The van der Waals surface area contributed by atoms with Crippen molar-refractivity contribution in [2.75, 3.05) is 38.0 Å². The number of hydrogen-bond donors (Lipinski definition) is 14. The first-order valence-electron chi connectivity index (χ1n) is 38.6. The van der Waals surface area contributed by atoms with Gasteiger partial charge in [0.05, 0.1) is 29.9 Å². The normalized spacial score (nSPS) is 19.9. The SMILES string of the molecule is C[C@H](NC(=O)[C@@H](NC(=O)[C@@H]1CCCN1C(=O)[C@H](CCC(=O)O)NC(=O)[C@@H]1CCCN1C(=O)CCCCNC(=S)Nc1ccc2c(c1)C1(OC2=O)c2ccc(O)cc2Oc2cc(O)ccc21)[C@@H](C)O)C(=O)N1CCCCC1C(=O)N1C[C@@H](O/N=C\c2cnc3ccccc3c2)C[C@H]1C(=O)N[C@@H](CCC(=O)O)C(=O)N[C@@H](CCC(=O)O)C(N)=O. The summed E-state index contributed by atoms with van der Waals surface area (Å²) in [7, 11) is 0. The number of primary amides is 1. The van der Waals surface area contributed by atoms with E-state index in [1.54, 1.807) is 42.6 Å². The van der Waals surface area contributed by atoms with Crippen LogP contribution in [0.3, 0.4) is 0 Å². The molecule has 1 spiro atoms. The number of aromatic hydroxyl groups is 2. The summed E-state index contributed by atoms with van der Waals surface area (Å²) in [5.74, 6) is -13.0. The van der Waals surface area contributed by atoms with Crippen molar-refractivity contribution in [3.8, 4) is 23.0 Å². The number of carboxylic acid groups (broad SMARTS) is 3. The first kappa shape index (κ1) is 85.3. The number of ether oxygens (including phenoxy) is 2. The summed E-state index contributed by atoms with van der Waals surface area (Å²) in [6, 6.07) is 9.81. The first-order valence-corrected chi connectivity index (χ1v) is 39.0. The van der Waals surface area contributed by atoms with Gasteiger partial charge in [-0.2, -0.15) is 0 Å². The number of phenols is 2. The molecule has 4 fully saturated rings. The molecule has 37 nitrogen and oxygen atoms in total. The summed E-state index contributed by atoms with van der Waals surface area (Å²) in [5, 5.41) is 84.2. The van der Waals surface area contributed by atoms with E-state index in [4.69, 9.17) is 32.3 Å². The van der Waals surface area contributed by atoms with Crippen LogP contribution < -0.4 is 47.7 Å². The van der Waals surface area contributed by atoms with Crippen molar-refractivity contribution >= 4 is 123 Å². The number of thiocarbonyl (C=S) groups is 1. The number of piperidine rings is 1. The van der Waals surface area contributed by atoms with E-state index in [9.17, 15) is 93.0 Å². The zero-order chi connectivity index (χ0) is 84.1. The Bertz CT molecular complexity index is 4700. The molecule has 1 unspecified atom stereocenters. The average Bonchev–Trinajstić information content (AvgIpc) is 1.56. The molecule has 5 aromatic rings. The standard InChI is InChI=1S/C79H92N14O23S/c1-41(74(110)92-30-8-6-13-59(92)76(112)93-40-48(116-83-39-43-33-44-11-3-4-12-53(44)82-38-43)37-60(93)72(108)87-55(24-27-65(100)101)69(105)86-54(68(80)104)23-26-64(98)99)84-73(109)67(42(2)94)89-71(107)58-15-10-32-91(58)75(111)56(25-28-66(102)103)88-70(106)57-14-9-31-90(57)63(97)16-5-7-29-81-78(117)85-45-17-20-49-52(34-45)79(115-77(49)113)50-21-18-46(95)35-61(50)114-62-36-47(96)19-22-51(62)79/h3-4,11-12,17-22,33-36,38-39,41-42,48,54-60,67,94-96H,5-10,13-16,23-32,37,40H2,1-2H3,(H2,80,104)(H,84,109)(H,86,105)(H,87,108)(H,88,106)(H,89,107)(H,98,99)(H,100,101)(H,102,103)(H2,81,85,117)/b83-39-/t41-,42+,48-,54-,55-,56-,57-,58-,59?,60-,67-/m0/s1. The van der Waals surface area contributed by atoms with Crippen molar-refractivity contribution in [2.45, 2.75) is 195 Å². The van der Waals surface area contributed by atoms with Gasteiger partial charge in [-0.15, -0.1) is 0 Å². The molecular weight excluding hydrogens is 1550 g/mol. The lowest BCUT2D eigenvalue weighted by molar-refractivity contribution is -0.151. The number of carbonyl (C=O) groups is 14. The van der Waals surface area contributed by atoms with Crippen molar-refractivity contribution in [1.82, 2.24) is 56.5 Å². The van der Waals surface area contributed by atoms with Gasteiger partial charge in [0.2, 0.25) is 59.1 Å². The van der Waals surface area contributed by atoms with Gasteiger partial charge >= 0.3 is 23.9 Å². The fourth-order valence-electron chi connectivity index (χ4n) is 15.6. The number of carbonyl (C=O) groups excluding carboxylic acids is 11. The van der Waals surface area contributed by atoms with Crippen LogP contribution in [0, 0.1) is 0 Å². The molecule has 117 heavy (non-hydrogen) atoms. The van der Waals surface area contributed by atoms with Crippen LogP contribution in [0.5, 0.6) is 23.0 Å². The minimum atomic E-state index is -1.77. The predicted molar refractivity (Wildman–Crippen MR) is 416 cm³/mol. The number of phenolic OH excluding ortho intramolecular Hbond substituents is 2. The molecule has 11 atom stereocenters. The molecule has 622 valence electrons. The molecule has 38 heteroatoms. The number of likely N-dealkylation sites (tertiary alicyclic amines) is 4. The third-order valence-electron chi connectivity index (χ3n) is 21.4. The molecule has 0 bridgehead atoms. The number of nitrogens with one attached hydrogen (secondary N) is 7. The second kappa shape index (κ2) is 37.8. The number of benzene rings is 4. The Morgan fingerprint density at radius 1 is 0.641 bits per heavy atom. The summed E-state index contributed by atoms with van der Waals surface area (Å²) in [4.78, 5) is 205. The molecule has 11 rings (SSSR count). The van der Waals surface area contributed by atoms with E-state index in [0.29, 0.717) is 72.1 Å². The monoisotopic (exact) mass is 1640 g/mol. The third-order valence-corrected chi connectivity index (χ3v) is 21.7. The molecule has 1 aromatic heterocycles. The third kappa shape index (κ3) is 20.2. The molecule has 7 heterocycles. The highest BCUT2D eigenvalue weighted by Gasteiger charge is 2.55. The van der Waals surface area contributed by atoms with Crippen LogP contribution in [-0.2, 0) is 77.5 Å². The van der Waals surface area contributed by atoms with Crippen molar-refractivity contribution in [3.05, 3.63) is 119 Å². The number of aliphatic carboxylic acids is 3. The molecule has 6 aliphatic rings. The lowest BCUT2D eigenvalue weighted by atomic mass is 9.77. The highest BCUT2D eigenvalue weighted by atomic mass is 32.1. The fourth-order valence-corrected chi connectivity index (χ4v) is 15.8. The van der Waals surface area contributed by atoms with Crippen molar-refractivity contribution in [3.63, 3.8) is 0 Å². The van der Waals surface area contributed by atoms with Crippen LogP contribution in [0.4, 0.5) is 5.69 Å². The van der Waals surface area contributed by atoms with Crippen LogP contribution in [0.1, 0.15) is 156 Å². The Kier molecular flexibility index (Phi) is 27.5. The van der Waals surface area contributed by atoms with Gasteiger partial charge in [0.15, 0.2) is 10.7 Å². The van der Waals surface area contributed by atoms with Crippen LogP contribution in [0.15, 0.2) is 96.3 Å². The quantitative estimate of drug-likeness (QED) is 0.00938. The highest BCUT2D eigenvalue weighted by molar-refractivity contribution is 7.80. The topological polar surface area (TPSA) is 536 Å². The number of esters is 1. The number of pyridine rings is 1. The Morgan fingerprint density at radius 3 is 1.91 bits per heavy atom.